The zero-order valence-corrected chi connectivity index (χ0v) is 15.8. The zero-order valence-electron chi connectivity index (χ0n) is 15.0. The smallest absolute Gasteiger partial charge is 0.237 e. The molecule has 1 aromatic heterocycles. The third kappa shape index (κ3) is 3.42. The lowest BCUT2D eigenvalue weighted by molar-refractivity contribution is -0.117. The van der Waals surface area contributed by atoms with Gasteiger partial charge in [-0.1, -0.05) is 24.3 Å². The second kappa shape index (κ2) is 7.44. The Morgan fingerprint density at radius 3 is 2.81 bits per heavy atom. The van der Waals surface area contributed by atoms with Gasteiger partial charge >= 0.3 is 0 Å². The summed E-state index contributed by atoms with van der Waals surface area (Å²) in [5, 5.41) is 2.90. The summed E-state index contributed by atoms with van der Waals surface area (Å²) < 4.78 is 1.98. The highest BCUT2D eigenvalue weighted by molar-refractivity contribution is 8.00. The normalized spacial score (nSPS) is 13.7. The van der Waals surface area contributed by atoms with Crippen LogP contribution in [0, 0.1) is 0 Å². The van der Waals surface area contributed by atoms with Crippen molar-refractivity contribution in [3.8, 4) is 0 Å². The second-order valence-electron chi connectivity index (χ2n) is 6.27. The van der Waals surface area contributed by atoms with E-state index in [2.05, 4.69) is 10.3 Å². The van der Waals surface area contributed by atoms with Crippen LogP contribution in [0.2, 0.25) is 0 Å². The number of para-hydroxylation sites is 3. The number of hydrogen-bond acceptors (Lipinski definition) is 4. The van der Waals surface area contributed by atoms with Crippen molar-refractivity contribution in [2.45, 2.75) is 24.8 Å². The van der Waals surface area contributed by atoms with Crippen LogP contribution in [0.4, 0.5) is 11.6 Å². The Hall–Kier alpha value is -2.80. The van der Waals surface area contributed by atoms with E-state index in [0.29, 0.717) is 24.8 Å². The average molecular weight is 380 g/mol. The van der Waals surface area contributed by atoms with Gasteiger partial charge in [-0.25, -0.2) is 4.98 Å². The van der Waals surface area contributed by atoms with Gasteiger partial charge in [0.25, 0.3) is 0 Å². The van der Waals surface area contributed by atoms with Gasteiger partial charge < -0.3 is 9.47 Å². The first kappa shape index (κ1) is 17.6. The van der Waals surface area contributed by atoms with Crippen molar-refractivity contribution in [3.05, 3.63) is 48.5 Å². The van der Waals surface area contributed by atoms with Crippen LogP contribution in [0.15, 0.2) is 53.4 Å². The Morgan fingerprint density at radius 2 is 1.96 bits per heavy atom. The van der Waals surface area contributed by atoms with Crippen LogP contribution in [0.3, 0.4) is 0 Å². The molecule has 0 spiro atoms. The molecule has 1 N–H and O–H groups in total. The van der Waals surface area contributed by atoms with E-state index in [-0.39, 0.29) is 18.2 Å². The molecule has 0 saturated carbocycles. The minimum atomic E-state index is -0.150. The Bertz CT molecular complexity index is 1010. The number of aromatic nitrogens is 2. The summed E-state index contributed by atoms with van der Waals surface area (Å²) in [7, 11) is 0. The molecular weight excluding hydrogens is 360 g/mol. The summed E-state index contributed by atoms with van der Waals surface area (Å²) >= 11 is 1.54. The van der Waals surface area contributed by atoms with Crippen LogP contribution >= 0.6 is 11.8 Å². The number of hydrogen-bond donors (Lipinski definition) is 1. The van der Waals surface area contributed by atoms with E-state index in [4.69, 9.17) is 0 Å². The minimum Gasteiger partial charge on any atom is -0.310 e. The number of fused-ring (bicyclic) bond motifs is 2. The van der Waals surface area contributed by atoms with Gasteiger partial charge in [-0.15, -0.1) is 11.8 Å². The fourth-order valence-corrected chi connectivity index (χ4v) is 4.23. The lowest BCUT2D eigenvalue weighted by atomic mass is 10.2. The van der Waals surface area contributed by atoms with Crippen molar-refractivity contribution in [2.75, 3.05) is 22.5 Å². The standard InChI is InChI=1S/C20H20N4O2S/c1-2-23-15-8-4-3-7-14(15)21-20(23)22-18(25)11-12-24-16-9-5-6-10-17(16)27-13-19(24)26/h3-10H,2,11-13H2,1H3,(H,21,22,25). The van der Waals surface area contributed by atoms with Gasteiger partial charge in [0.05, 0.1) is 22.5 Å². The molecule has 0 bridgehead atoms. The lowest BCUT2D eigenvalue weighted by Crippen LogP contribution is -2.37. The third-order valence-electron chi connectivity index (χ3n) is 4.59. The quantitative estimate of drug-likeness (QED) is 0.735. The number of nitrogens with zero attached hydrogens (tertiary/aromatic N) is 3. The molecule has 6 nitrogen and oxygen atoms in total. The number of amides is 2. The minimum absolute atomic E-state index is 0.0345. The molecule has 0 aliphatic carbocycles. The molecule has 27 heavy (non-hydrogen) atoms. The summed E-state index contributed by atoms with van der Waals surface area (Å²) in [5.41, 5.74) is 2.73. The molecule has 0 radical (unpaired) electrons. The lowest BCUT2D eigenvalue weighted by Gasteiger charge is -2.28. The van der Waals surface area contributed by atoms with Crippen LogP contribution in [0.5, 0.6) is 0 Å². The monoisotopic (exact) mass is 380 g/mol. The maximum Gasteiger partial charge on any atom is 0.237 e. The first-order valence-electron chi connectivity index (χ1n) is 8.94. The summed E-state index contributed by atoms with van der Waals surface area (Å²) in [6.45, 7) is 3.09. The highest BCUT2D eigenvalue weighted by atomic mass is 32.2. The number of nitrogens with one attached hydrogen (secondary N) is 1. The highest BCUT2D eigenvalue weighted by Crippen LogP contribution is 2.34. The molecule has 1 aliphatic rings. The number of imidazole rings is 1. The van der Waals surface area contributed by atoms with Crippen molar-refractivity contribution >= 4 is 46.2 Å². The van der Waals surface area contributed by atoms with E-state index in [1.54, 1.807) is 4.90 Å². The van der Waals surface area contributed by atoms with Gasteiger partial charge in [0.2, 0.25) is 17.8 Å². The number of carbonyl (C=O) groups excluding carboxylic acids is 2. The van der Waals surface area contributed by atoms with E-state index >= 15 is 0 Å². The van der Waals surface area contributed by atoms with Gasteiger partial charge in [-0.05, 0) is 31.2 Å². The topological polar surface area (TPSA) is 67.2 Å². The molecule has 0 fully saturated rings. The van der Waals surface area contributed by atoms with Crippen LogP contribution < -0.4 is 10.2 Å². The first-order valence-corrected chi connectivity index (χ1v) is 9.93. The molecule has 7 heteroatoms. The molecule has 2 heterocycles. The number of rotatable bonds is 5. The summed E-state index contributed by atoms with van der Waals surface area (Å²) in [5.74, 6) is 0.838. The predicted molar refractivity (Wildman–Crippen MR) is 108 cm³/mol. The number of aryl methyl sites for hydroxylation is 1. The number of thioether (sulfide) groups is 1. The van der Waals surface area contributed by atoms with E-state index < -0.39 is 0 Å². The zero-order chi connectivity index (χ0) is 18.8. The van der Waals surface area contributed by atoms with Gasteiger partial charge in [0.1, 0.15) is 0 Å². The van der Waals surface area contributed by atoms with Crippen molar-refractivity contribution in [2.24, 2.45) is 0 Å². The number of carbonyl (C=O) groups is 2. The van der Waals surface area contributed by atoms with Gasteiger partial charge in [0.15, 0.2) is 0 Å². The van der Waals surface area contributed by atoms with E-state index in [1.165, 1.54) is 11.8 Å². The Balaban J connectivity index is 1.47. The predicted octanol–water partition coefficient (Wildman–Crippen LogP) is 3.52. The summed E-state index contributed by atoms with van der Waals surface area (Å²) in [4.78, 5) is 32.1. The highest BCUT2D eigenvalue weighted by Gasteiger charge is 2.24. The molecule has 4 rings (SSSR count). The number of anilines is 2. The van der Waals surface area contributed by atoms with Crippen molar-refractivity contribution in [1.29, 1.82) is 0 Å². The van der Waals surface area contributed by atoms with Crippen molar-refractivity contribution in [3.63, 3.8) is 0 Å². The maximum absolute atomic E-state index is 12.5. The summed E-state index contributed by atoms with van der Waals surface area (Å²) in [6.07, 6.45) is 0.220. The SMILES string of the molecule is CCn1c(NC(=O)CCN2C(=O)CSc3ccccc32)nc2ccccc21. The molecule has 0 saturated heterocycles. The van der Waals surface area contributed by atoms with Gasteiger partial charge in [0, 0.05) is 24.4 Å². The molecule has 2 aromatic carbocycles. The van der Waals surface area contributed by atoms with E-state index in [0.717, 1.165) is 21.6 Å². The van der Waals surface area contributed by atoms with Crippen molar-refractivity contribution < 1.29 is 9.59 Å². The molecule has 0 unspecified atom stereocenters. The van der Waals surface area contributed by atoms with Gasteiger partial charge in [-0.3, -0.25) is 14.9 Å². The van der Waals surface area contributed by atoms with Crippen LogP contribution in [-0.2, 0) is 16.1 Å². The van der Waals surface area contributed by atoms with E-state index in [9.17, 15) is 9.59 Å². The number of benzene rings is 2. The van der Waals surface area contributed by atoms with Gasteiger partial charge in [-0.2, -0.15) is 0 Å². The third-order valence-corrected chi connectivity index (χ3v) is 5.64. The Morgan fingerprint density at radius 1 is 1.19 bits per heavy atom. The first-order chi connectivity index (χ1) is 13.2. The van der Waals surface area contributed by atoms with E-state index in [1.807, 2.05) is 60.0 Å². The summed E-state index contributed by atoms with van der Waals surface area (Å²) in [6, 6.07) is 15.6. The molecule has 0 atom stereocenters. The Labute approximate surface area is 161 Å². The molecule has 2 amide bonds. The van der Waals surface area contributed by atoms with Crippen LogP contribution in [0.25, 0.3) is 11.0 Å². The fraction of sp³-hybridized carbons (Fsp3) is 0.250. The second-order valence-corrected chi connectivity index (χ2v) is 7.29. The molecule has 1 aliphatic heterocycles. The Kier molecular flexibility index (Phi) is 4.85. The molecular formula is C20H20N4O2S. The molecule has 3 aromatic rings. The van der Waals surface area contributed by atoms with Crippen LogP contribution in [-0.4, -0.2) is 33.7 Å². The fourth-order valence-electron chi connectivity index (χ4n) is 3.29. The average Bonchev–Trinajstić information content (AvgIpc) is 3.04. The maximum atomic E-state index is 12.5. The molecule has 138 valence electrons. The largest absolute Gasteiger partial charge is 0.310 e. The van der Waals surface area contributed by atoms with Crippen LogP contribution in [0.1, 0.15) is 13.3 Å². The van der Waals surface area contributed by atoms with Crippen molar-refractivity contribution in [1.82, 2.24) is 9.55 Å².